The van der Waals surface area contributed by atoms with Crippen LogP contribution in [0.15, 0.2) is 24.3 Å². The fraction of sp³-hybridized carbons (Fsp3) is 0.909. The molecule has 0 aromatic carbocycles. The molecule has 83 heavy (non-hydrogen) atoms. The van der Waals surface area contributed by atoms with Gasteiger partial charge in [-0.15, -0.1) is 0 Å². The standard InChI is InChI=1S/C77H146O6/c1-4-7-10-13-16-19-22-24-26-28-30-32-34-36-37-38-39-41-42-44-46-48-50-52-55-58-61-64-67-70-76(79)82-73-74(72-81-75(78)69-66-63-60-57-54-21-18-15-12-9-6-3)83-77(80)71-68-65-62-59-56-53-51-49-47-45-43-40-35-33-31-29-27-25-23-20-17-14-11-8-5-2/h15,18,28,30,74H,4-14,16-17,19-27,29,31-73H2,1-3H3/b18-15-,30-28-. The van der Waals surface area contributed by atoms with Crippen molar-refractivity contribution in [3.8, 4) is 0 Å². The molecule has 0 aliphatic heterocycles. The van der Waals surface area contributed by atoms with Crippen LogP contribution in [-0.2, 0) is 28.6 Å². The van der Waals surface area contributed by atoms with Crippen LogP contribution in [0.5, 0.6) is 0 Å². The van der Waals surface area contributed by atoms with Crippen LogP contribution in [0, 0.1) is 0 Å². The minimum atomic E-state index is -0.772. The summed E-state index contributed by atoms with van der Waals surface area (Å²) in [5, 5.41) is 0. The van der Waals surface area contributed by atoms with E-state index in [0.29, 0.717) is 19.3 Å². The van der Waals surface area contributed by atoms with E-state index in [0.717, 1.165) is 64.2 Å². The molecule has 0 N–H and O–H groups in total. The van der Waals surface area contributed by atoms with Gasteiger partial charge in [0, 0.05) is 19.3 Å². The zero-order valence-corrected chi connectivity index (χ0v) is 56.5. The minimum absolute atomic E-state index is 0.0675. The molecule has 6 heteroatoms. The topological polar surface area (TPSA) is 78.9 Å². The second-order valence-corrected chi connectivity index (χ2v) is 25.9. The van der Waals surface area contributed by atoms with Crippen molar-refractivity contribution in [3.63, 3.8) is 0 Å². The average Bonchev–Trinajstić information content (AvgIpc) is 3.48. The Hall–Kier alpha value is -2.11. The highest BCUT2D eigenvalue weighted by Gasteiger charge is 2.20. The van der Waals surface area contributed by atoms with Crippen molar-refractivity contribution in [3.05, 3.63) is 24.3 Å². The maximum Gasteiger partial charge on any atom is 0.306 e. The summed E-state index contributed by atoms with van der Waals surface area (Å²) in [7, 11) is 0. The normalized spacial score (nSPS) is 12.1. The van der Waals surface area contributed by atoms with Gasteiger partial charge < -0.3 is 14.2 Å². The van der Waals surface area contributed by atoms with Crippen molar-refractivity contribution in [2.75, 3.05) is 13.2 Å². The zero-order valence-electron chi connectivity index (χ0n) is 56.5. The van der Waals surface area contributed by atoms with Crippen molar-refractivity contribution in [2.24, 2.45) is 0 Å². The molecule has 0 saturated heterocycles. The van der Waals surface area contributed by atoms with E-state index >= 15 is 0 Å². The number of esters is 3. The minimum Gasteiger partial charge on any atom is -0.462 e. The Kier molecular flexibility index (Phi) is 70.5. The van der Waals surface area contributed by atoms with Crippen LogP contribution in [-0.4, -0.2) is 37.2 Å². The lowest BCUT2D eigenvalue weighted by molar-refractivity contribution is -0.167. The third-order valence-electron chi connectivity index (χ3n) is 17.4. The van der Waals surface area contributed by atoms with Gasteiger partial charge in [0.25, 0.3) is 0 Å². The lowest BCUT2D eigenvalue weighted by Crippen LogP contribution is -2.30. The van der Waals surface area contributed by atoms with E-state index in [2.05, 4.69) is 45.1 Å². The second-order valence-electron chi connectivity index (χ2n) is 25.9. The molecule has 6 nitrogen and oxygen atoms in total. The molecule has 490 valence electrons. The lowest BCUT2D eigenvalue weighted by atomic mass is 10.0. The number of hydrogen-bond donors (Lipinski definition) is 0. The summed E-state index contributed by atoms with van der Waals surface area (Å²) in [4.78, 5) is 38.4. The molecule has 0 fully saturated rings. The number of rotatable bonds is 71. The van der Waals surface area contributed by atoms with E-state index < -0.39 is 6.10 Å². The van der Waals surface area contributed by atoms with Gasteiger partial charge in [0.05, 0.1) is 0 Å². The molecule has 0 amide bonds. The summed E-state index contributed by atoms with van der Waals surface area (Å²) in [5.41, 5.74) is 0. The van der Waals surface area contributed by atoms with Gasteiger partial charge in [-0.3, -0.25) is 14.4 Å². The van der Waals surface area contributed by atoms with Crippen LogP contribution in [0.2, 0.25) is 0 Å². The Balaban J connectivity index is 4.11. The Morgan fingerprint density at radius 2 is 0.410 bits per heavy atom. The summed E-state index contributed by atoms with van der Waals surface area (Å²) < 4.78 is 17.0. The first kappa shape index (κ1) is 80.9. The van der Waals surface area contributed by atoms with Crippen LogP contribution in [0.1, 0.15) is 432 Å². The molecule has 0 aliphatic carbocycles. The van der Waals surface area contributed by atoms with E-state index in [1.54, 1.807) is 0 Å². The van der Waals surface area contributed by atoms with E-state index in [-0.39, 0.29) is 31.1 Å². The number of carbonyl (C=O) groups excluding carboxylic acids is 3. The highest BCUT2D eigenvalue weighted by molar-refractivity contribution is 5.71. The molecule has 0 saturated carbocycles. The Bertz CT molecular complexity index is 1340. The van der Waals surface area contributed by atoms with Crippen molar-refractivity contribution < 1.29 is 28.6 Å². The summed E-state index contributed by atoms with van der Waals surface area (Å²) in [5.74, 6) is -0.844. The van der Waals surface area contributed by atoms with Crippen molar-refractivity contribution >= 4 is 17.9 Å². The summed E-state index contributed by atoms with van der Waals surface area (Å²) in [6.07, 6.45) is 89.6. The molecule has 0 spiro atoms. The van der Waals surface area contributed by atoms with Gasteiger partial charge in [0.2, 0.25) is 0 Å². The van der Waals surface area contributed by atoms with Crippen molar-refractivity contribution in [2.45, 2.75) is 438 Å². The van der Waals surface area contributed by atoms with E-state index in [4.69, 9.17) is 14.2 Å². The molecule has 1 atom stereocenters. The Morgan fingerprint density at radius 3 is 0.639 bits per heavy atom. The first-order valence-electron chi connectivity index (χ1n) is 37.8. The first-order chi connectivity index (χ1) is 41.0. The van der Waals surface area contributed by atoms with Gasteiger partial charge >= 0.3 is 17.9 Å². The van der Waals surface area contributed by atoms with Crippen LogP contribution in [0.4, 0.5) is 0 Å². The zero-order chi connectivity index (χ0) is 59.9. The quantitative estimate of drug-likeness (QED) is 0.0261. The van der Waals surface area contributed by atoms with Gasteiger partial charge in [0.1, 0.15) is 13.2 Å². The van der Waals surface area contributed by atoms with Gasteiger partial charge in [-0.25, -0.2) is 0 Å². The second kappa shape index (κ2) is 72.4. The largest absolute Gasteiger partial charge is 0.462 e. The summed E-state index contributed by atoms with van der Waals surface area (Å²) >= 11 is 0. The van der Waals surface area contributed by atoms with Crippen LogP contribution >= 0.6 is 0 Å². The third kappa shape index (κ3) is 70.5. The molecule has 0 aromatic heterocycles. The maximum atomic E-state index is 13.0. The summed E-state index contributed by atoms with van der Waals surface area (Å²) in [6, 6.07) is 0. The fourth-order valence-corrected chi connectivity index (χ4v) is 11.7. The molecule has 0 rings (SSSR count). The van der Waals surface area contributed by atoms with Gasteiger partial charge in [-0.05, 0) is 64.2 Å². The molecule has 0 bridgehead atoms. The predicted octanol–water partition coefficient (Wildman–Crippen LogP) is 26.1. The van der Waals surface area contributed by atoms with E-state index in [1.165, 1.54) is 327 Å². The van der Waals surface area contributed by atoms with Crippen molar-refractivity contribution in [1.29, 1.82) is 0 Å². The number of ether oxygens (including phenoxy) is 3. The number of allylic oxidation sites excluding steroid dienone is 4. The lowest BCUT2D eigenvalue weighted by Gasteiger charge is -2.18. The number of unbranched alkanes of at least 4 members (excludes halogenated alkanes) is 56. The van der Waals surface area contributed by atoms with Crippen LogP contribution in [0.3, 0.4) is 0 Å². The van der Waals surface area contributed by atoms with Gasteiger partial charge in [-0.1, -0.05) is 373 Å². The predicted molar refractivity (Wildman–Crippen MR) is 363 cm³/mol. The molecule has 0 aliphatic rings. The highest BCUT2D eigenvalue weighted by atomic mass is 16.6. The Morgan fingerprint density at radius 1 is 0.229 bits per heavy atom. The van der Waals surface area contributed by atoms with Crippen molar-refractivity contribution in [1.82, 2.24) is 0 Å². The summed E-state index contributed by atoms with van der Waals surface area (Å²) in [6.45, 7) is 6.68. The number of carbonyl (C=O) groups is 3. The van der Waals surface area contributed by atoms with Crippen LogP contribution in [0.25, 0.3) is 0 Å². The monoisotopic (exact) mass is 1170 g/mol. The van der Waals surface area contributed by atoms with Gasteiger partial charge in [0.15, 0.2) is 6.10 Å². The SMILES string of the molecule is CCCC/C=C\CCCCCCCC(=O)OCC(COC(=O)CCCCCCCCCCCCCCCCCCC/C=C\CCCCCCCCCC)OC(=O)CCCCCCCCCCCCCCCCCCCCCCCCCCC. The highest BCUT2D eigenvalue weighted by Crippen LogP contribution is 2.19. The van der Waals surface area contributed by atoms with E-state index in [9.17, 15) is 14.4 Å². The third-order valence-corrected chi connectivity index (χ3v) is 17.4. The van der Waals surface area contributed by atoms with E-state index in [1.807, 2.05) is 0 Å². The molecule has 0 heterocycles. The molecular formula is C77H146O6. The molecular weight excluding hydrogens is 1020 g/mol. The van der Waals surface area contributed by atoms with Gasteiger partial charge in [-0.2, -0.15) is 0 Å². The molecule has 1 unspecified atom stereocenters. The number of hydrogen-bond acceptors (Lipinski definition) is 6. The molecule has 0 aromatic rings. The maximum absolute atomic E-state index is 13.0. The van der Waals surface area contributed by atoms with Crippen LogP contribution < -0.4 is 0 Å². The smallest absolute Gasteiger partial charge is 0.306 e. The fourth-order valence-electron chi connectivity index (χ4n) is 11.7. The first-order valence-corrected chi connectivity index (χ1v) is 37.8. The average molecular weight is 1170 g/mol. The Labute approximate surface area is 519 Å². The molecule has 0 radical (unpaired) electrons.